The molecule has 1 saturated heterocycles. The van der Waals surface area contributed by atoms with Gasteiger partial charge in [0.2, 0.25) is 11.8 Å². The number of amides is 2. The Kier molecular flexibility index (Phi) is 8.47. The van der Waals surface area contributed by atoms with E-state index < -0.39 is 29.1 Å². The number of hydrogen-bond donors (Lipinski definition) is 2. The molecule has 2 amide bonds. The summed E-state index contributed by atoms with van der Waals surface area (Å²) in [5, 5.41) is 6.49. The number of hydrogen-bond acceptors (Lipinski definition) is 5. The van der Waals surface area contributed by atoms with E-state index in [1.807, 2.05) is 53.4 Å². The van der Waals surface area contributed by atoms with Gasteiger partial charge >= 0.3 is 0 Å². The molecule has 41 heavy (non-hydrogen) atoms. The number of nitrogens with zero attached hydrogens (tertiary/aromatic N) is 1. The van der Waals surface area contributed by atoms with E-state index in [-0.39, 0.29) is 39.8 Å². The van der Waals surface area contributed by atoms with E-state index in [1.54, 1.807) is 0 Å². The van der Waals surface area contributed by atoms with E-state index in [0.29, 0.717) is 18.8 Å². The molecule has 2 N–H and O–H groups in total. The van der Waals surface area contributed by atoms with Gasteiger partial charge in [-0.15, -0.1) is 0 Å². The molecule has 3 saturated carbocycles. The molecular weight excluding hydrogens is 514 g/mol. The van der Waals surface area contributed by atoms with E-state index in [1.165, 1.54) is 25.7 Å². The van der Waals surface area contributed by atoms with Crippen molar-refractivity contribution in [2.75, 3.05) is 6.54 Å². The number of fused-ring (bicyclic) bond motifs is 1. The predicted octanol–water partition coefficient (Wildman–Crippen LogP) is 6.12. The molecule has 0 bridgehead atoms. The highest BCUT2D eigenvalue weighted by molar-refractivity contribution is 5.95. The maximum absolute atomic E-state index is 14.5. The van der Waals surface area contributed by atoms with Crippen LogP contribution in [0, 0.1) is 27.6 Å². The lowest BCUT2D eigenvalue weighted by Crippen LogP contribution is -2.60. The second-order valence-electron chi connectivity index (χ2n) is 16.1. The predicted molar refractivity (Wildman–Crippen MR) is 163 cm³/mol. The minimum Gasteiger partial charge on any atom is -0.474 e. The van der Waals surface area contributed by atoms with Crippen molar-refractivity contribution in [3.05, 3.63) is 12.5 Å². The number of likely N-dealkylation sites (tertiary alicyclic amines) is 1. The van der Waals surface area contributed by atoms with Gasteiger partial charge in [0.1, 0.15) is 17.7 Å². The summed E-state index contributed by atoms with van der Waals surface area (Å²) in [6, 6.07) is -1.71. The minimum atomic E-state index is -0.749. The molecule has 2 spiro atoms. The zero-order chi connectivity index (χ0) is 30.6. The summed E-state index contributed by atoms with van der Waals surface area (Å²) < 4.78 is 5.95. The quantitative estimate of drug-likeness (QED) is 0.326. The molecule has 0 aromatic carbocycles. The van der Waals surface area contributed by atoms with Gasteiger partial charge in [-0.3, -0.25) is 14.4 Å². The standard InChI is InChI=1S/C34H57N3O4/c1-11-25(38)24-20-34(32(9,10)33(34)18-15-19-33)21-37(24)29(40)27(30(3,4)5)36-28(39)26(23-16-13-12-14-17-23)35-22(2)41-31(6,7)8/h23-24,26-27,35H,2,11-21H2,1,3-10H3,(H,36,39)/t24?,26?,27-,34-/m1/s1. The molecule has 4 rings (SSSR count). The van der Waals surface area contributed by atoms with E-state index in [2.05, 4.69) is 31.1 Å². The molecule has 4 fully saturated rings. The Bertz CT molecular complexity index is 1040. The fraction of sp³-hybridized carbons (Fsp3) is 0.853. The Labute approximate surface area is 249 Å². The molecule has 4 atom stereocenters. The zero-order valence-corrected chi connectivity index (χ0v) is 27.4. The van der Waals surface area contributed by atoms with E-state index >= 15 is 0 Å². The molecule has 7 nitrogen and oxygen atoms in total. The number of ketones is 1. The van der Waals surface area contributed by atoms with E-state index in [4.69, 9.17) is 4.74 Å². The summed E-state index contributed by atoms with van der Waals surface area (Å²) in [5.41, 5.74) is -0.632. The van der Waals surface area contributed by atoms with Gasteiger partial charge in [-0.25, -0.2) is 0 Å². The third-order valence-corrected chi connectivity index (χ3v) is 11.4. The van der Waals surface area contributed by atoms with Gasteiger partial charge in [0.25, 0.3) is 0 Å². The minimum absolute atomic E-state index is 0.00985. The number of Topliss-reactive ketones (excluding diaryl/α,β-unsaturated/α-hetero) is 1. The van der Waals surface area contributed by atoms with Crippen molar-refractivity contribution in [3.63, 3.8) is 0 Å². The van der Waals surface area contributed by atoms with Crippen LogP contribution < -0.4 is 10.6 Å². The highest BCUT2D eigenvalue weighted by Gasteiger charge is 2.85. The van der Waals surface area contributed by atoms with Crippen molar-refractivity contribution in [1.29, 1.82) is 0 Å². The molecule has 2 unspecified atom stereocenters. The first-order valence-corrected chi connectivity index (χ1v) is 16.2. The maximum atomic E-state index is 14.5. The lowest BCUT2D eigenvalue weighted by atomic mass is 9.73. The number of ether oxygens (including phenoxy) is 1. The largest absolute Gasteiger partial charge is 0.474 e. The average molecular weight is 572 g/mol. The second kappa shape index (κ2) is 10.9. The van der Waals surface area contributed by atoms with Crippen molar-refractivity contribution in [2.45, 2.75) is 150 Å². The second-order valence-corrected chi connectivity index (χ2v) is 16.1. The molecule has 3 aliphatic carbocycles. The van der Waals surface area contributed by atoms with E-state index in [9.17, 15) is 14.4 Å². The van der Waals surface area contributed by atoms with Crippen LogP contribution in [0.2, 0.25) is 0 Å². The summed E-state index contributed by atoms with van der Waals surface area (Å²) in [5.74, 6) is 0.315. The van der Waals surface area contributed by atoms with Gasteiger partial charge in [-0.2, -0.15) is 0 Å². The molecule has 1 aliphatic heterocycles. The molecule has 0 radical (unpaired) electrons. The van der Waals surface area contributed by atoms with Gasteiger partial charge in [-0.05, 0) is 81.6 Å². The summed E-state index contributed by atoms with van der Waals surface area (Å²) in [7, 11) is 0. The summed E-state index contributed by atoms with van der Waals surface area (Å²) in [4.78, 5) is 43.8. The highest BCUT2D eigenvalue weighted by atomic mass is 16.5. The third-order valence-electron chi connectivity index (χ3n) is 11.4. The number of nitrogens with one attached hydrogen (secondary N) is 2. The lowest BCUT2D eigenvalue weighted by molar-refractivity contribution is -0.144. The highest BCUT2D eigenvalue weighted by Crippen LogP contribution is 2.88. The fourth-order valence-corrected chi connectivity index (χ4v) is 8.84. The maximum Gasteiger partial charge on any atom is 0.246 e. The van der Waals surface area contributed by atoms with Gasteiger partial charge in [0.05, 0.1) is 6.04 Å². The molecule has 0 aromatic heterocycles. The number of rotatable bonds is 9. The Morgan fingerprint density at radius 1 is 0.951 bits per heavy atom. The fourth-order valence-electron chi connectivity index (χ4n) is 8.84. The van der Waals surface area contributed by atoms with Gasteiger partial charge < -0.3 is 20.3 Å². The molecule has 4 aliphatic rings. The van der Waals surface area contributed by atoms with Gasteiger partial charge in [0.15, 0.2) is 11.7 Å². The van der Waals surface area contributed by atoms with Crippen LogP contribution in [0.5, 0.6) is 0 Å². The molecular formula is C34H57N3O4. The van der Waals surface area contributed by atoms with Crippen molar-refractivity contribution >= 4 is 17.6 Å². The van der Waals surface area contributed by atoms with Crippen LogP contribution in [0.4, 0.5) is 0 Å². The Morgan fingerprint density at radius 3 is 2.02 bits per heavy atom. The van der Waals surface area contributed by atoms with Gasteiger partial charge in [0, 0.05) is 18.4 Å². The van der Waals surface area contributed by atoms with Crippen molar-refractivity contribution in [3.8, 4) is 0 Å². The first-order valence-electron chi connectivity index (χ1n) is 16.2. The number of carbonyl (C=O) groups is 3. The molecule has 0 aromatic rings. The molecule has 232 valence electrons. The molecule has 1 heterocycles. The van der Waals surface area contributed by atoms with Crippen LogP contribution in [0.15, 0.2) is 12.5 Å². The Balaban J connectivity index is 1.59. The zero-order valence-electron chi connectivity index (χ0n) is 27.4. The van der Waals surface area contributed by atoms with E-state index in [0.717, 1.165) is 32.1 Å². The lowest BCUT2D eigenvalue weighted by Gasteiger charge is -2.38. The van der Waals surface area contributed by atoms with Crippen LogP contribution in [0.1, 0.15) is 127 Å². The SMILES string of the molecule is C=C(NC(C(=O)N[C@H](C(=O)N1C[C@]2(CC1C(=O)CC)C(C)(C)C21CCC1)C(C)(C)C)C1CCCCC1)OC(C)(C)C. The average Bonchev–Trinajstić information content (AvgIpc) is 3.08. The topological polar surface area (TPSA) is 87.7 Å². The first kappa shape index (κ1) is 31.9. The van der Waals surface area contributed by atoms with Crippen molar-refractivity contribution in [2.24, 2.45) is 27.6 Å². The van der Waals surface area contributed by atoms with Gasteiger partial charge in [-0.1, -0.05) is 67.2 Å². The summed E-state index contributed by atoms with van der Waals surface area (Å²) in [6.45, 7) is 23.1. The normalized spacial score (nSPS) is 28.5. The van der Waals surface area contributed by atoms with Crippen LogP contribution in [0.25, 0.3) is 0 Å². The monoisotopic (exact) mass is 571 g/mol. The van der Waals surface area contributed by atoms with Crippen molar-refractivity contribution < 1.29 is 19.1 Å². The molecule has 7 heteroatoms. The first-order chi connectivity index (χ1) is 18.9. The van der Waals surface area contributed by atoms with Crippen LogP contribution in [-0.4, -0.2) is 52.8 Å². The Hall–Kier alpha value is -2.05. The van der Waals surface area contributed by atoms with Crippen LogP contribution in [0.3, 0.4) is 0 Å². The smallest absolute Gasteiger partial charge is 0.246 e. The number of carbonyl (C=O) groups excluding carboxylic acids is 3. The third kappa shape index (κ3) is 5.56. The summed E-state index contributed by atoms with van der Waals surface area (Å²) >= 11 is 0. The van der Waals surface area contributed by atoms with Crippen LogP contribution >= 0.6 is 0 Å². The summed E-state index contributed by atoms with van der Waals surface area (Å²) in [6.07, 6.45) is 9.99. The van der Waals surface area contributed by atoms with Crippen LogP contribution in [-0.2, 0) is 19.1 Å². The Morgan fingerprint density at radius 2 is 1.56 bits per heavy atom. The van der Waals surface area contributed by atoms with Crippen molar-refractivity contribution in [1.82, 2.24) is 15.5 Å².